The number of likely N-dealkylation sites (N-methyl/N-ethyl adjacent to an activating group) is 1. The van der Waals surface area contributed by atoms with E-state index < -0.39 is 0 Å². The first-order valence-corrected chi connectivity index (χ1v) is 8.72. The van der Waals surface area contributed by atoms with Crippen molar-refractivity contribution in [3.05, 3.63) is 59.3 Å². The Morgan fingerprint density at radius 2 is 2.12 bits per heavy atom. The number of carbonyl (C=O) groups excluding carboxylic acids is 1. The number of benzene rings is 1. The summed E-state index contributed by atoms with van der Waals surface area (Å²) in [5, 5.41) is 12.0. The monoisotopic (exact) mass is 356 g/mol. The third-order valence-corrected chi connectivity index (χ3v) is 4.74. The summed E-state index contributed by atoms with van der Waals surface area (Å²) < 4.78 is 1.61. The molecular weight excluding hydrogens is 336 g/mol. The Hall–Kier alpha value is -2.71. The lowest BCUT2D eigenvalue weighted by atomic mass is 10.2. The van der Waals surface area contributed by atoms with Gasteiger partial charge in [0.2, 0.25) is 0 Å². The molecule has 2 amide bonds. The number of para-hydroxylation sites is 2. The van der Waals surface area contributed by atoms with Gasteiger partial charge in [-0.2, -0.15) is 5.10 Å². The first kappa shape index (κ1) is 17.1. The predicted molar refractivity (Wildman–Crippen MR) is 99.1 cm³/mol. The van der Waals surface area contributed by atoms with Crippen molar-refractivity contribution in [3.8, 4) is 5.69 Å². The lowest BCUT2D eigenvalue weighted by Crippen LogP contribution is -2.36. The second-order valence-electron chi connectivity index (χ2n) is 5.69. The molecule has 0 aliphatic heterocycles. The van der Waals surface area contributed by atoms with Gasteiger partial charge >= 0.3 is 6.03 Å². The van der Waals surface area contributed by atoms with Crippen LogP contribution < -0.4 is 10.6 Å². The van der Waals surface area contributed by atoms with Crippen LogP contribution in [0.15, 0.2) is 54.4 Å². The Bertz CT molecular complexity index is 800. The number of anilines is 1. The Kier molecular flexibility index (Phi) is 5.42. The van der Waals surface area contributed by atoms with E-state index in [1.807, 2.05) is 49.8 Å². The van der Waals surface area contributed by atoms with E-state index >= 15 is 0 Å². The number of carbonyl (C=O) groups is 1. The van der Waals surface area contributed by atoms with Crippen molar-refractivity contribution in [3.63, 3.8) is 0 Å². The summed E-state index contributed by atoms with van der Waals surface area (Å²) in [6.45, 7) is 0.519. The maximum absolute atomic E-state index is 12.3. The highest BCUT2D eigenvalue weighted by atomic mass is 32.1. The fraction of sp³-hybridized carbons (Fsp3) is 0.235. The molecular formula is C17H20N6OS. The number of urea groups is 1. The molecule has 1 unspecified atom stereocenters. The van der Waals surface area contributed by atoms with Crippen molar-refractivity contribution >= 4 is 23.1 Å². The Balaban J connectivity index is 1.65. The Morgan fingerprint density at radius 3 is 2.80 bits per heavy atom. The van der Waals surface area contributed by atoms with Crippen molar-refractivity contribution in [2.24, 2.45) is 0 Å². The van der Waals surface area contributed by atoms with Crippen molar-refractivity contribution < 1.29 is 4.79 Å². The van der Waals surface area contributed by atoms with E-state index in [2.05, 4.69) is 31.7 Å². The van der Waals surface area contributed by atoms with E-state index in [0.717, 1.165) is 5.69 Å². The summed E-state index contributed by atoms with van der Waals surface area (Å²) in [7, 11) is 4.01. The molecule has 1 atom stereocenters. The zero-order valence-electron chi connectivity index (χ0n) is 14.1. The molecule has 2 heterocycles. The first-order chi connectivity index (χ1) is 12.1. The van der Waals surface area contributed by atoms with Gasteiger partial charge in [-0.15, -0.1) is 11.3 Å². The SMILES string of the molecule is CN(C)C(CNC(=O)Nc1ccccc1-n1cncn1)c1cccs1. The molecule has 8 heteroatoms. The van der Waals surface area contributed by atoms with Gasteiger partial charge in [-0.05, 0) is 37.7 Å². The van der Waals surface area contributed by atoms with Gasteiger partial charge in [0.05, 0.1) is 17.4 Å². The summed E-state index contributed by atoms with van der Waals surface area (Å²) in [6, 6.07) is 11.4. The van der Waals surface area contributed by atoms with E-state index in [1.54, 1.807) is 22.3 Å². The number of amides is 2. The number of rotatable bonds is 6. The van der Waals surface area contributed by atoms with Gasteiger partial charge in [-0.3, -0.25) is 0 Å². The minimum absolute atomic E-state index is 0.135. The molecule has 0 aliphatic carbocycles. The maximum atomic E-state index is 12.3. The Labute approximate surface area is 150 Å². The fourth-order valence-electron chi connectivity index (χ4n) is 2.49. The molecule has 7 nitrogen and oxygen atoms in total. The minimum atomic E-state index is -0.254. The molecule has 130 valence electrons. The number of thiophene rings is 1. The quantitative estimate of drug-likeness (QED) is 0.712. The number of aromatic nitrogens is 3. The van der Waals surface area contributed by atoms with Crippen molar-refractivity contribution in [2.45, 2.75) is 6.04 Å². The number of nitrogens with one attached hydrogen (secondary N) is 2. The summed E-state index contributed by atoms with van der Waals surface area (Å²) in [5.74, 6) is 0. The number of hydrogen-bond donors (Lipinski definition) is 2. The molecule has 3 aromatic rings. The molecule has 0 saturated carbocycles. The van der Waals surface area contributed by atoms with Crippen LogP contribution in [-0.4, -0.2) is 46.3 Å². The van der Waals surface area contributed by atoms with E-state index in [9.17, 15) is 4.79 Å². The van der Waals surface area contributed by atoms with Crippen LogP contribution in [0, 0.1) is 0 Å². The summed E-state index contributed by atoms with van der Waals surface area (Å²) in [4.78, 5) is 19.6. The standard InChI is InChI=1S/C17H20N6OS/c1-22(2)15(16-8-5-9-25-16)10-19-17(24)21-13-6-3-4-7-14(13)23-12-18-11-20-23/h3-9,11-12,15H,10H2,1-2H3,(H2,19,21,24). The van der Waals surface area contributed by atoms with Crippen LogP contribution in [0.1, 0.15) is 10.9 Å². The van der Waals surface area contributed by atoms with Gasteiger partial charge in [0.25, 0.3) is 0 Å². The number of hydrogen-bond acceptors (Lipinski definition) is 5. The molecule has 1 aromatic carbocycles. The third kappa shape index (κ3) is 4.23. The second kappa shape index (κ2) is 7.91. The molecule has 0 radical (unpaired) electrons. The summed E-state index contributed by atoms with van der Waals surface area (Å²) in [5.41, 5.74) is 1.43. The largest absolute Gasteiger partial charge is 0.336 e. The summed E-state index contributed by atoms with van der Waals surface area (Å²) in [6.07, 6.45) is 3.05. The zero-order chi connectivity index (χ0) is 17.6. The normalized spacial score (nSPS) is 12.1. The molecule has 2 N–H and O–H groups in total. The molecule has 2 aromatic heterocycles. The van der Waals surface area contributed by atoms with Crippen LogP contribution >= 0.6 is 11.3 Å². The van der Waals surface area contributed by atoms with Gasteiger partial charge in [0, 0.05) is 11.4 Å². The third-order valence-electron chi connectivity index (χ3n) is 3.77. The topological polar surface area (TPSA) is 75.1 Å². The molecule has 0 aliphatic rings. The molecule has 0 saturated heterocycles. The minimum Gasteiger partial charge on any atom is -0.336 e. The Morgan fingerprint density at radius 1 is 1.28 bits per heavy atom. The first-order valence-electron chi connectivity index (χ1n) is 7.84. The molecule has 3 rings (SSSR count). The zero-order valence-corrected chi connectivity index (χ0v) is 14.9. The van der Waals surface area contributed by atoms with Crippen molar-refractivity contribution in [2.75, 3.05) is 26.0 Å². The molecule has 0 spiro atoms. The van der Waals surface area contributed by atoms with Crippen LogP contribution in [-0.2, 0) is 0 Å². The smallest absolute Gasteiger partial charge is 0.319 e. The lowest BCUT2D eigenvalue weighted by Gasteiger charge is -2.23. The van der Waals surface area contributed by atoms with Crippen molar-refractivity contribution in [1.82, 2.24) is 25.0 Å². The molecule has 0 bridgehead atoms. The van der Waals surface area contributed by atoms with Gasteiger partial charge in [-0.25, -0.2) is 14.5 Å². The van der Waals surface area contributed by atoms with E-state index in [-0.39, 0.29) is 12.1 Å². The predicted octanol–water partition coefficient (Wildman–Crippen LogP) is 2.75. The van der Waals surface area contributed by atoms with E-state index in [0.29, 0.717) is 12.2 Å². The number of nitrogens with zero attached hydrogens (tertiary/aromatic N) is 4. The van der Waals surface area contributed by atoms with Gasteiger partial charge in [0.1, 0.15) is 12.7 Å². The summed E-state index contributed by atoms with van der Waals surface area (Å²) >= 11 is 1.68. The van der Waals surface area contributed by atoms with Gasteiger partial charge in [0.15, 0.2) is 0 Å². The van der Waals surface area contributed by atoms with Gasteiger partial charge in [-0.1, -0.05) is 18.2 Å². The van der Waals surface area contributed by atoms with Crippen LogP contribution in [0.4, 0.5) is 10.5 Å². The van der Waals surface area contributed by atoms with Crippen LogP contribution in [0.2, 0.25) is 0 Å². The van der Waals surface area contributed by atoms with Gasteiger partial charge < -0.3 is 15.5 Å². The highest BCUT2D eigenvalue weighted by molar-refractivity contribution is 7.10. The highest BCUT2D eigenvalue weighted by Gasteiger charge is 2.16. The fourth-order valence-corrected chi connectivity index (χ4v) is 3.41. The van der Waals surface area contributed by atoms with E-state index in [4.69, 9.17) is 0 Å². The van der Waals surface area contributed by atoms with E-state index in [1.165, 1.54) is 11.2 Å². The molecule has 25 heavy (non-hydrogen) atoms. The van der Waals surface area contributed by atoms with Crippen LogP contribution in [0.3, 0.4) is 0 Å². The van der Waals surface area contributed by atoms with Crippen LogP contribution in [0.25, 0.3) is 5.69 Å². The maximum Gasteiger partial charge on any atom is 0.319 e. The average Bonchev–Trinajstić information content (AvgIpc) is 3.29. The highest BCUT2D eigenvalue weighted by Crippen LogP contribution is 2.22. The van der Waals surface area contributed by atoms with Crippen LogP contribution in [0.5, 0.6) is 0 Å². The second-order valence-corrected chi connectivity index (χ2v) is 6.67. The van der Waals surface area contributed by atoms with Crippen molar-refractivity contribution in [1.29, 1.82) is 0 Å². The average molecular weight is 356 g/mol. The molecule has 0 fully saturated rings. The lowest BCUT2D eigenvalue weighted by molar-refractivity contribution is 0.244.